The molecule has 2 nitrogen and oxygen atoms in total. The summed E-state index contributed by atoms with van der Waals surface area (Å²) in [6.07, 6.45) is 5.22. The van der Waals surface area contributed by atoms with E-state index in [0.717, 1.165) is 48.5 Å². The van der Waals surface area contributed by atoms with Crippen LogP contribution in [-0.2, 0) is 5.60 Å². The summed E-state index contributed by atoms with van der Waals surface area (Å²) in [5.41, 5.74) is 1.57. The fourth-order valence-corrected chi connectivity index (χ4v) is 3.05. The number of ether oxygens (including phenoxy) is 1. The molecule has 0 radical (unpaired) electrons. The summed E-state index contributed by atoms with van der Waals surface area (Å²) in [5.74, 6) is 1.60. The maximum absolute atomic E-state index is 10.9. The minimum absolute atomic E-state index is 0.638. The zero-order chi connectivity index (χ0) is 13.2. The Morgan fingerprint density at radius 3 is 2.72 bits per heavy atom. The molecule has 0 aromatic heterocycles. The third-order valence-electron chi connectivity index (χ3n) is 4.27. The van der Waals surface area contributed by atoms with Crippen molar-refractivity contribution < 1.29 is 9.84 Å². The van der Waals surface area contributed by atoms with Gasteiger partial charge < -0.3 is 9.84 Å². The summed E-state index contributed by atoms with van der Waals surface area (Å²) >= 11 is 0. The van der Waals surface area contributed by atoms with E-state index in [-0.39, 0.29) is 0 Å². The van der Waals surface area contributed by atoms with E-state index in [0.29, 0.717) is 0 Å². The standard InChI is InChI=1S/C16H24O2/c1-12-5-4-9-16(17,10-8-12)15-7-6-14(18-3)11-13(15)2/h6-7,11-12,17H,4-5,8-10H2,1-3H3. The fraction of sp³-hybridized carbons (Fsp3) is 0.625. The Bertz CT molecular complexity index is 414. The second kappa shape index (κ2) is 5.31. The van der Waals surface area contributed by atoms with Gasteiger partial charge in [-0.2, -0.15) is 0 Å². The highest BCUT2D eigenvalue weighted by Crippen LogP contribution is 2.39. The van der Waals surface area contributed by atoms with E-state index in [9.17, 15) is 5.11 Å². The van der Waals surface area contributed by atoms with Crippen molar-refractivity contribution in [1.82, 2.24) is 0 Å². The Labute approximate surface area is 110 Å². The monoisotopic (exact) mass is 248 g/mol. The van der Waals surface area contributed by atoms with Crippen LogP contribution in [0.2, 0.25) is 0 Å². The molecule has 1 aromatic rings. The lowest BCUT2D eigenvalue weighted by Crippen LogP contribution is -2.25. The van der Waals surface area contributed by atoms with Crippen LogP contribution in [-0.4, -0.2) is 12.2 Å². The molecule has 0 heterocycles. The third-order valence-corrected chi connectivity index (χ3v) is 4.27. The number of rotatable bonds is 2. The molecule has 0 spiro atoms. The average Bonchev–Trinajstić information content (AvgIpc) is 2.52. The summed E-state index contributed by atoms with van der Waals surface area (Å²) in [6, 6.07) is 6.00. The number of aryl methyl sites for hydroxylation is 1. The minimum atomic E-state index is -0.638. The molecule has 1 fully saturated rings. The molecule has 1 aliphatic carbocycles. The molecule has 0 amide bonds. The van der Waals surface area contributed by atoms with Crippen molar-refractivity contribution >= 4 is 0 Å². The lowest BCUT2D eigenvalue weighted by Gasteiger charge is -2.29. The van der Waals surface area contributed by atoms with Crippen LogP contribution in [0.25, 0.3) is 0 Å². The molecule has 1 aromatic carbocycles. The summed E-state index contributed by atoms with van der Waals surface area (Å²) in [6.45, 7) is 4.34. The molecule has 0 bridgehead atoms. The summed E-state index contributed by atoms with van der Waals surface area (Å²) in [5, 5.41) is 10.9. The highest BCUT2D eigenvalue weighted by molar-refractivity contribution is 5.38. The number of hydrogen-bond donors (Lipinski definition) is 1. The average molecular weight is 248 g/mol. The van der Waals surface area contributed by atoms with Crippen LogP contribution in [0.5, 0.6) is 5.75 Å². The molecule has 2 atom stereocenters. The van der Waals surface area contributed by atoms with Crippen molar-refractivity contribution in [2.75, 3.05) is 7.11 Å². The lowest BCUT2D eigenvalue weighted by molar-refractivity contribution is 0.0192. The van der Waals surface area contributed by atoms with Gasteiger partial charge in [0.05, 0.1) is 12.7 Å². The zero-order valence-corrected chi connectivity index (χ0v) is 11.7. The summed E-state index contributed by atoms with van der Waals surface area (Å²) in [4.78, 5) is 0. The van der Waals surface area contributed by atoms with Crippen molar-refractivity contribution in [2.24, 2.45) is 5.92 Å². The first kappa shape index (κ1) is 13.4. The van der Waals surface area contributed by atoms with Gasteiger partial charge in [0.15, 0.2) is 0 Å². The van der Waals surface area contributed by atoms with Crippen molar-refractivity contribution in [3.05, 3.63) is 29.3 Å². The molecule has 1 saturated carbocycles. The largest absolute Gasteiger partial charge is 0.497 e. The Hall–Kier alpha value is -1.02. The van der Waals surface area contributed by atoms with Gasteiger partial charge in [-0.05, 0) is 61.8 Å². The predicted molar refractivity (Wildman–Crippen MR) is 73.9 cm³/mol. The molecule has 1 N–H and O–H groups in total. The van der Waals surface area contributed by atoms with Gasteiger partial charge in [0.2, 0.25) is 0 Å². The highest BCUT2D eigenvalue weighted by Gasteiger charge is 2.32. The molecule has 0 saturated heterocycles. The smallest absolute Gasteiger partial charge is 0.119 e. The lowest BCUT2D eigenvalue weighted by atomic mass is 9.84. The summed E-state index contributed by atoms with van der Waals surface area (Å²) in [7, 11) is 1.68. The molecule has 2 rings (SSSR count). The van der Waals surface area contributed by atoms with Crippen molar-refractivity contribution in [1.29, 1.82) is 0 Å². The van der Waals surface area contributed by atoms with E-state index in [1.807, 2.05) is 18.2 Å². The SMILES string of the molecule is COc1ccc(C2(O)CCCC(C)CC2)c(C)c1. The number of aliphatic hydroxyl groups is 1. The van der Waals surface area contributed by atoms with E-state index in [1.54, 1.807) is 7.11 Å². The minimum Gasteiger partial charge on any atom is -0.497 e. The van der Waals surface area contributed by atoms with E-state index in [1.165, 1.54) is 6.42 Å². The van der Waals surface area contributed by atoms with Crippen LogP contribution in [0.15, 0.2) is 18.2 Å². The van der Waals surface area contributed by atoms with Gasteiger partial charge in [-0.1, -0.05) is 19.4 Å². The Balaban J connectivity index is 2.28. The third kappa shape index (κ3) is 2.69. The van der Waals surface area contributed by atoms with Gasteiger partial charge in [-0.3, -0.25) is 0 Å². The first-order valence-corrected chi connectivity index (χ1v) is 6.92. The molecular weight excluding hydrogens is 224 g/mol. The van der Waals surface area contributed by atoms with Crippen molar-refractivity contribution in [3.63, 3.8) is 0 Å². The van der Waals surface area contributed by atoms with Crippen LogP contribution in [0.3, 0.4) is 0 Å². The second-order valence-electron chi connectivity index (χ2n) is 5.75. The normalized spacial score (nSPS) is 28.8. The van der Waals surface area contributed by atoms with E-state index in [2.05, 4.69) is 13.8 Å². The molecule has 1 aliphatic rings. The van der Waals surface area contributed by atoms with E-state index >= 15 is 0 Å². The van der Waals surface area contributed by atoms with Gasteiger partial charge in [0.25, 0.3) is 0 Å². The first-order valence-electron chi connectivity index (χ1n) is 6.92. The van der Waals surface area contributed by atoms with Crippen LogP contribution < -0.4 is 4.74 Å². The molecule has 2 unspecified atom stereocenters. The molecule has 2 heteroatoms. The molecular formula is C16H24O2. The molecule has 0 aliphatic heterocycles. The predicted octanol–water partition coefficient (Wildman–Crippen LogP) is 3.79. The van der Waals surface area contributed by atoms with Gasteiger partial charge in [-0.25, -0.2) is 0 Å². The van der Waals surface area contributed by atoms with Crippen LogP contribution >= 0.6 is 0 Å². The Morgan fingerprint density at radius 1 is 1.28 bits per heavy atom. The molecule has 100 valence electrons. The number of hydrogen-bond acceptors (Lipinski definition) is 2. The van der Waals surface area contributed by atoms with Gasteiger partial charge in [0, 0.05) is 0 Å². The Kier molecular flexibility index (Phi) is 3.96. The zero-order valence-electron chi connectivity index (χ0n) is 11.7. The maximum atomic E-state index is 10.9. The fourth-order valence-electron chi connectivity index (χ4n) is 3.05. The quantitative estimate of drug-likeness (QED) is 0.807. The van der Waals surface area contributed by atoms with Gasteiger partial charge in [0.1, 0.15) is 5.75 Å². The van der Waals surface area contributed by atoms with Crippen LogP contribution in [0.1, 0.15) is 50.2 Å². The topological polar surface area (TPSA) is 29.5 Å². The van der Waals surface area contributed by atoms with E-state index in [4.69, 9.17) is 4.74 Å². The molecule has 18 heavy (non-hydrogen) atoms. The summed E-state index contributed by atoms with van der Waals surface area (Å²) < 4.78 is 5.23. The van der Waals surface area contributed by atoms with Crippen molar-refractivity contribution in [2.45, 2.75) is 51.6 Å². The number of methoxy groups -OCH3 is 1. The van der Waals surface area contributed by atoms with Crippen LogP contribution in [0, 0.1) is 12.8 Å². The van der Waals surface area contributed by atoms with Gasteiger partial charge >= 0.3 is 0 Å². The number of benzene rings is 1. The Morgan fingerprint density at radius 2 is 2.06 bits per heavy atom. The highest BCUT2D eigenvalue weighted by atomic mass is 16.5. The second-order valence-corrected chi connectivity index (χ2v) is 5.75. The maximum Gasteiger partial charge on any atom is 0.119 e. The van der Waals surface area contributed by atoms with E-state index < -0.39 is 5.60 Å². The van der Waals surface area contributed by atoms with Gasteiger partial charge in [-0.15, -0.1) is 0 Å². The van der Waals surface area contributed by atoms with Crippen molar-refractivity contribution in [3.8, 4) is 5.75 Å². The van der Waals surface area contributed by atoms with Crippen LogP contribution in [0.4, 0.5) is 0 Å². The first-order chi connectivity index (χ1) is 8.55.